The van der Waals surface area contributed by atoms with Crippen molar-refractivity contribution in [2.75, 3.05) is 34.4 Å². The molecule has 0 N–H and O–H groups in total. The molecule has 1 aliphatic carbocycles. The smallest absolute Gasteiger partial charge is 0.223 e. The van der Waals surface area contributed by atoms with Crippen LogP contribution in [0.3, 0.4) is 0 Å². The maximum atomic E-state index is 12.7. The first-order chi connectivity index (χ1) is 13.5. The highest BCUT2D eigenvalue weighted by Crippen LogP contribution is 2.50. The monoisotopic (exact) mass is 388 g/mol. The number of likely N-dealkylation sites (tertiary alicyclic amines) is 1. The Kier molecular flexibility index (Phi) is 8.51. The van der Waals surface area contributed by atoms with E-state index < -0.39 is 0 Å². The molecule has 1 aromatic carbocycles. The predicted octanol–water partition coefficient (Wildman–Crippen LogP) is 4.73. The van der Waals surface area contributed by atoms with Gasteiger partial charge in [0, 0.05) is 38.8 Å². The zero-order chi connectivity index (χ0) is 20.6. The van der Waals surface area contributed by atoms with Gasteiger partial charge < -0.3 is 14.5 Å². The summed E-state index contributed by atoms with van der Waals surface area (Å²) in [6.45, 7) is 6.53. The lowest BCUT2D eigenvalue weighted by atomic mass is 9.65. The molecule has 1 amide bonds. The van der Waals surface area contributed by atoms with Crippen LogP contribution in [0.1, 0.15) is 64.4 Å². The molecule has 2 fully saturated rings. The Morgan fingerprint density at radius 3 is 2.29 bits per heavy atom. The largest absolute Gasteiger partial charge is 0.385 e. The van der Waals surface area contributed by atoms with Gasteiger partial charge in [0.25, 0.3) is 0 Å². The molecular formula is C24H40N2O2. The Bertz CT molecular complexity index is 592. The van der Waals surface area contributed by atoms with Crippen molar-refractivity contribution in [2.24, 2.45) is 5.41 Å². The fraction of sp³-hybridized carbons (Fsp3) is 0.708. The van der Waals surface area contributed by atoms with Crippen LogP contribution in [0.25, 0.3) is 0 Å². The molecule has 0 bridgehead atoms. The van der Waals surface area contributed by atoms with E-state index in [1.165, 1.54) is 24.8 Å². The number of amides is 1. The summed E-state index contributed by atoms with van der Waals surface area (Å²) in [5, 5.41) is 0. The Hall–Kier alpha value is -1.39. The molecule has 1 spiro atoms. The fourth-order valence-electron chi connectivity index (χ4n) is 4.98. The Balaban J connectivity index is 0.00000136. The Morgan fingerprint density at radius 2 is 1.71 bits per heavy atom. The van der Waals surface area contributed by atoms with E-state index in [-0.39, 0.29) is 11.0 Å². The summed E-state index contributed by atoms with van der Waals surface area (Å²) >= 11 is 0. The number of nitrogens with zero attached hydrogens (tertiary/aromatic N) is 2. The van der Waals surface area contributed by atoms with E-state index in [1.807, 2.05) is 19.9 Å². The second-order valence-corrected chi connectivity index (χ2v) is 8.63. The SMILES string of the molecule is CC.COCCCC1(N(C)C)CCC2(CC1)CC(=O)N(Cc1ccccc1)C2. The minimum absolute atomic E-state index is 0.201. The van der Waals surface area contributed by atoms with Gasteiger partial charge >= 0.3 is 0 Å². The summed E-state index contributed by atoms with van der Waals surface area (Å²) in [5.41, 5.74) is 1.71. The topological polar surface area (TPSA) is 32.8 Å². The summed E-state index contributed by atoms with van der Waals surface area (Å²) in [6.07, 6.45) is 7.74. The predicted molar refractivity (Wildman–Crippen MR) is 116 cm³/mol. The normalized spacial score (nSPS) is 27.2. The molecule has 1 saturated heterocycles. The summed E-state index contributed by atoms with van der Waals surface area (Å²) in [4.78, 5) is 17.2. The molecule has 3 rings (SSSR count). The van der Waals surface area contributed by atoms with Crippen LogP contribution < -0.4 is 0 Å². The van der Waals surface area contributed by atoms with Crippen LogP contribution in [0.4, 0.5) is 0 Å². The molecule has 0 atom stereocenters. The lowest BCUT2D eigenvalue weighted by molar-refractivity contribution is -0.128. The summed E-state index contributed by atoms with van der Waals surface area (Å²) in [6, 6.07) is 10.4. The van der Waals surface area contributed by atoms with Crippen LogP contribution >= 0.6 is 0 Å². The highest BCUT2D eigenvalue weighted by atomic mass is 16.5. The number of carbonyl (C=O) groups excluding carboxylic acids is 1. The maximum Gasteiger partial charge on any atom is 0.223 e. The van der Waals surface area contributed by atoms with Gasteiger partial charge in [0.05, 0.1) is 0 Å². The average molecular weight is 389 g/mol. The van der Waals surface area contributed by atoms with Crippen molar-refractivity contribution in [2.45, 2.75) is 70.9 Å². The molecule has 1 aliphatic heterocycles. The fourth-order valence-corrected chi connectivity index (χ4v) is 4.98. The molecule has 1 heterocycles. The summed E-state index contributed by atoms with van der Waals surface area (Å²) < 4.78 is 5.27. The van der Waals surface area contributed by atoms with E-state index in [0.717, 1.165) is 45.4 Å². The molecule has 28 heavy (non-hydrogen) atoms. The lowest BCUT2D eigenvalue weighted by Crippen LogP contribution is -2.49. The van der Waals surface area contributed by atoms with E-state index >= 15 is 0 Å². The lowest BCUT2D eigenvalue weighted by Gasteiger charge is -2.48. The van der Waals surface area contributed by atoms with Gasteiger partial charge in [-0.1, -0.05) is 44.2 Å². The first-order valence-electron chi connectivity index (χ1n) is 11.0. The number of hydrogen-bond acceptors (Lipinski definition) is 3. The van der Waals surface area contributed by atoms with Gasteiger partial charge in [0.15, 0.2) is 0 Å². The third-order valence-corrected chi connectivity index (χ3v) is 6.80. The minimum Gasteiger partial charge on any atom is -0.385 e. The quantitative estimate of drug-likeness (QED) is 0.633. The molecule has 158 valence electrons. The van der Waals surface area contributed by atoms with Crippen molar-refractivity contribution in [1.82, 2.24) is 9.80 Å². The van der Waals surface area contributed by atoms with Gasteiger partial charge in [-0.05, 0) is 63.6 Å². The van der Waals surface area contributed by atoms with Gasteiger partial charge in [-0.3, -0.25) is 4.79 Å². The number of methoxy groups -OCH3 is 1. The molecular weight excluding hydrogens is 348 g/mol. The molecule has 0 unspecified atom stereocenters. The molecule has 1 aromatic rings. The number of hydrogen-bond donors (Lipinski definition) is 0. The van der Waals surface area contributed by atoms with Crippen LogP contribution in [0.2, 0.25) is 0 Å². The van der Waals surface area contributed by atoms with E-state index in [9.17, 15) is 4.79 Å². The molecule has 2 aliphatic rings. The van der Waals surface area contributed by atoms with Crippen molar-refractivity contribution in [3.63, 3.8) is 0 Å². The highest BCUT2D eigenvalue weighted by Gasteiger charge is 2.49. The van der Waals surface area contributed by atoms with Crippen LogP contribution in [-0.4, -0.2) is 55.6 Å². The van der Waals surface area contributed by atoms with Crippen molar-refractivity contribution in [1.29, 1.82) is 0 Å². The number of ether oxygens (including phenoxy) is 1. The van der Waals surface area contributed by atoms with E-state index in [0.29, 0.717) is 5.91 Å². The molecule has 1 saturated carbocycles. The Labute approximate surface area is 172 Å². The zero-order valence-electron chi connectivity index (χ0n) is 18.7. The van der Waals surface area contributed by atoms with Crippen LogP contribution in [-0.2, 0) is 16.1 Å². The van der Waals surface area contributed by atoms with Crippen molar-refractivity contribution >= 4 is 5.91 Å². The van der Waals surface area contributed by atoms with Gasteiger partial charge in [0.1, 0.15) is 0 Å². The summed E-state index contributed by atoms with van der Waals surface area (Å²) in [7, 11) is 6.21. The number of rotatable bonds is 7. The van der Waals surface area contributed by atoms with E-state index in [2.05, 4.69) is 48.2 Å². The van der Waals surface area contributed by atoms with Crippen LogP contribution in [0, 0.1) is 5.41 Å². The van der Waals surface area contributed by atoms with Gasteiger partial charge in [-0.15, -0.1) is 0 Å². The second kappa shape index (κ2) is 10.4. The van der Waals surface area contributed by atoms with Crippen molar-refractivity contribution < 1.29 is 9.53 Å². The first kappa shape index (κ1) is 22.9. The Morgan fingerprint density at radius 1 is 1.07 bits per heavy atom. The molecule has 0 radical (unpaired) electrons. The average Bonchev–Trinajstić information content (AvgIpc) is 3.01. The van der Waals surface area contributed by atoms with Crippen LogP contribution in [0.15, 0.2) is 30.3 Å². The minimum atomic E-state index is 0.201. The highest BCUT2D eigenvalue weighted by molar-refractivity contribution is 5.79. The van der Waals surface area contributed by atoms with E-state index in [4.69, 9.17) is 4.74 Å². The molecule has 0 aromatic heterocycles. The maximum absolute atomic E-state index is 12.7. The molecule has 4 heteroatoms. The third kappa shape index (κ3) is 5.36. The second-order valence-electron chi connectivity index (χ2n) is 8.63. The molecule has 4 nitrogen and oxygen atoms in total. The summed E-state index contributed by atoms with van der Waals surface area (Å²) in [5.74, 6) is 0.339. The van der Waals surface area contributed by atoms with E-state index in [1.54, 1.807) is 7.11 Å². The first-order valence-corrected chi connectivity index (χ1v) is 11.0. The zero-order valence-corrected chi connectivity index (χ0v) is 18.7. The number of benzene rings is 1. The van der Waals surface area contributed by atoms with Crippen molar-refractivity contribution in [3.05, 3.63) is 35.9 Å². The van der Waals surface area contributed by atoms with Gasteiger partial charge in [0.2, 0.25) is 5.91 Å². The van der Waals surface area contributed by atoms with Gasteiger partial charge in [-0.25, -0.2) is 0 Å². The third-order valence-electron chi connectivity index (χ3n) is 6.80. The van der Waals surface area contributed by atoms with Gasteiger partial charge in [-0.2, -0.15) is 0 Å². The standard InChI is InChI=1S/C22H34N2O2.C2H6/c1-23(2)22(10-7-15-26-3)13-11-21(12-14-22)16-20(25)24(18-21)17-19-8-5-4-6-9-19;1-2/h4-6,8-9H,7,10-18H2,1-3H3;1-2H3. The van der Waals surface area contributed by atoms with Crippen molar-refractivity contribution in [3.8, 4) is 0 Å². The number of carbonyl (C=O) groups is 1. The van der Waals surface area contributed by atoms with Crippen LogP contribution in [0.5, 0.6) is 0 Å².